The number of hydrogen-bond donors (Lipinski definition) is 3. The number of anilines is 2. The molecule has 1 radical (unpaired) electrons. The van der Waals surface area contributed by atoms with Gasteiger partial charge >= 0.3 is 6.09 Å². The number of nitrogen functional groups attached to an aromatic ring is 1. The number of nitrogens with one attached hydrogen (secondary N) is 1. The maximum atomic E-state index is 10.1. The van der Waals surface area contributed by atoms with Crippen molar-refractivity contribution in [1.82, 2.24) is 0 Å². The summed E-state index contributed by atoms with van der Waals surface area (Å²) < 4.78 is 0. The Balaban J connectivity index is 0.00000121. The first kappa shape index (κ1) is 11.6. The van der Waals surface area contributed by atoms with E-state index in [0.717, 1.165) is 0 Å². The van der Waals surface area contributed by atoms with E-state index < -0.39 is 6.09 Å². The van der Waals surface area contributed by atoms with Crippen molar-refractivity contribution in [3.05, 3.63) is 24.3 Å². The average Bonchev–Trinajstić information content (AvgIpc) is 1.93. The molecule has 0 aliphatic rings. The van der Waals surface area contributed by atoms with Gasteiger partial charge in [0.2, 0.25) is 0 Å². The van der Waals surface area contributed by atoms with E-state index in [1.54, 1.807) is 24.3 Å². The molecule has 0 heterocycles. The molecule has 0 aliphatic carbocycles. The van der Waals surface area contributed by atoms with Crippen molar-refractivity contribution in [2.75, 3.05) is 11.1 Å². The first-order chi connectivity index (χ1) is 5.18. The van der Waals surface area contributed by atoms with Crippen LogP contribution in [0.3, 0.4) is 0 Å². The molecule has 0 saturated carbocycles. The van der Waals surface area contributed by atoms with Crippen LogP contribution < -0.4 is 11.1 Å². The molecule has 63 valence electrons. The number of carboxylic acid groups (broad SMARTS) is 1. The molecule has 5 heteroatoms. The predicted octanol–water partition coefficient (Wildman–Crippen LogP) is 1.36. The van der Waals surface area contributed by atoms with Gasteiger partial charge < -0.3 is 10.8 Å². The van der Waals surface area contributed by atoms with E-state index in [0.29, 0.717) is 11.4 Å². The van der Waals surface area contributed by atoms with Crippen LogP contribution in [0.5, 0.6) is 0 Å². The summed E-state index contributed by atoms with van der Waals surface area (Å²) in [5, 5.41) is 10.5. The second-order valence-corrected chi connectivity index (χ2v) is 2.05. The van der Waals surface area contributed by atoms with E-state index >= 15 is 0 Å². The fourth-order valence-corrected chi connectivity index (χ4v) is 0.690. The molecule has 1 aromatic carbocycles. The molecule has 1 aromatic rings. The smallest absolute Gasteiger partial charge is 0.409 e. The summed E-state index contributed by atoms with van der Waals surface area (Å²) >= 11 is 0. The van der Waals surface area contributed by atoms with Crippen LogP contribution in [0.2, 0.25) is 0 Å². The molecular weight excluding hydrogens is 289 g/mol. The van der Waals surface area contributed by atoms with Gasteiger partial charge in [0.05, 0.1) is 0 Å². The summed E-state index contributed by atoms with van der Waals surface area (Å²) in [7, 11) is 0. The average molecular weight is 297 g/mol. The molecule has 0 spiro atoms. The number of hydrogen-bond acceptors (Lipinski definition) is 2. The van der Waals surface area contributed by atoms with E-state index in [1.807, 2.05) is 0 Å². The Morgan fingerprint density at radius 3 is 2.25 bits per heavy atom. The van der Waals surface area contributed by atoms with Gasteiger partial charge in [0.25, 0.3) is 0 Å². The molecule has 1 rings (SSSR count). The Bertz CT molecular complexity index is 261. The van der Waals surface area contributed by atoms with Crippen molar-refractivity contribution in [3.63, 3.8) is 0 Å². The van der Waals surface area contributed by atoms with Gasteiger partial charge in [-0.05, 0) is 24.3 Å². The molecule has 4 nitrogen and oxygen atoms in total. The molecule has 0 fully saturated rings. The fraction of sp³-hybridized carbons (Fsp3) is 0. The molecule has 1 amide bonds. The van der Waals surface area contributed by atoms with E-state index in [4.69, 9.17) is 10.8 Å². The Labute approximate surface area is 102 Å². The molecule has 12 heavy (non-hydrogen) atoms. The minimum Gasteiger partial charge on any atom is -0.465 e. The zero-order valence-electron chi connectivity index (χ0n) is 6.19. The first-order valence-electron chi connectivity index (χ1n) is 3.04. The summed E-state index contributed by atoms with van der Waals surface area (Å²) in [6, 6.07) is 6.46. The summed E-state index contributed by atoms with van der Waals surface area (Å²) in [5.74, 6) is 0. The third kappa shape index (κ3) is 3.86. The predicted molar refractivity (Wildman–Crippen MR) is 42.5 cm³/mol. The van der Waals surface area contributed by atoms with Crippen LogP contribution in [0.15, 0.2) is 24.3 Å². The molecule has 0 saturated heterocycles. The van der Waals surface area contributed by atoms with Crippen LogP contribution in [-0.2, 0) is 0 Å². The summed E-state index contributed by atoms with van der Waals surface area (Å²) in [5.41, 5.74) is 6.51. The van der Waals surface area contributed by atoms with Gasteiger partial charge in [-0.15, -0.1) is 0 Å². The molecule has 0 aromatic heterocycles. The molecule has 4 N–H and O–H groups in total. The summed E-state index contributed by atoms with van der Waals surface area (Å²) in [6.07, 6.45) is -1.07. The number of benzene rings is 1. The van der Waals surface area contributed by atoms with Gasteiger partial charge in [-0.2, -0.15) is 0 Å². The Morgan fingerprint density at radius 2 is 1.83 bits per heavy atom. The van der Waals surface area contributed by atoms with Gasteiger partial charge in [-0.25, -0.2) is 4.79 Å². The zero-order chi connectivity index (χ0) is 8.27. The second-order valence-electron chi connectivity index (χ2n) is 2.05. The van der Waals surface area contributed by atoms with Gasteiger partial charge in [-0.1, -0.05) is 0 Å². The molecular formula is C7H8N2O2Pm. The maximum Gasteiger partial charge on any atom is 0.409 e. The normalized spacial score (nSPS) is 8.33. The topological polar surface area (TPSA) is 75.3 Å². The standard InChI is InChI=1S/C7H8N2O2.Pm/c8-5-1-3-6(4-2-5)9-7(10)11;/h1-4,9H,8H2,(H,10,11);. The Kier molecular flexibility index (Phi) is 5.14. The van der Waals surface area contributed by atoms with Crippen LogP contribution in [-0.4, -0.2) is 11.2 Å². The summed E-state index contributed by atoms with van der Waals surface area (Å²) in [4.78, 5) is 10.1. The van der Waals surface area contributed by atoms with Gasteiger partial charge in [0.15, 0.2) is 0 Å². The van der Waals surface area contributed by atoms with E-state index in [9.17, 15) is 4.79 Å². The second kappa shape index (κ2) is 5.30. The monoisotopic (exact) mass is 297 g/mol. The Hall–Kier alpha value is -0.372. The van der Waals surface area contributed by atoms with Crippen LogP contribution >= 0.6 is 0 Å². The zero-order valence-corrected chi connectivity index (χ0v) is 9.06. The largest absolute Gasteiger partial charge is 0.465 e. The van der Waals surface area contributed by atoms with Crippen molar-refractivity contribution < 1.29 is 50.3 Å². The van der Waals surface area contributed by atoms with Crippen LogP contribution in [0.25, 0.3) is 0 Å². The van der Waals surface area contributed by atoms with Crippen LogP contribution in [0, 0.1) is 40.4 Å². The van der Waals surface area contributed by atoms with Crippen molar-refractivity contribution in [3.8, 4) is 0 Å². The number of rotatable bonds is 1. The molecule has 0 bridgehead atoms. The van der Waals surface area contributed by atoms with Crippen molar-refractivity contribution in [2.24, 2.45) is 0 Å². The van der Waals surface area contributed by atoms with Gasteiger partial charge in [0, 0.05) is 51.8 Å². The minimum atomic E-state index is -1.07. The van der Waals surface area contributed by atoms with Crippen molar-refractivity contribution in [1.29, 1.82) is 0 Å². The van der Waals surface area contributed by atoms with Crippen molar-refractivity contribution >= 4 is 17.5 Å². The van der Waals surface area contributed by atoms with E-state index in [2.05, 4.69) is 5.32 Å². The third-order valence-electron chi connectivity index (χ3n) is 1.16. The van der Waals surface area contributed by atoms with Gasteiger partial charge in [-0.3, -0.25) is 5.32 Å². The number of nitrogens with two attached hydrogens (primary N) is 1. The van der Waals surface area contributed by atoms with E-state index in [-0.39, 0.29) is 40.4 Å². The fourth-order valence-electron chi connectivity index (χ4n) is 0.690. The molecule has 0 atom stereocenters. The SMILES string of the molecule is Nc1ccc(NC(=O)O)cc1.[Pm]. The number of amides is 1. The minimum absolute atomic E-state index is 0. The van der Waals surface area contributed by atoms with Crippen molar-refractivity contribution in [2.45, 2.75) is 0 Å². The number of carbonyl (C=O) groups is 1. The van der Waals surface area contributed by atoms with Gasteiger partial charge in [0.1, 0.15) is 0 Å². The maximum absolute atomic E-state index is 10.1. The van der Waals surface area contributed by atoms with Crippen LogP contribution in [0.4, 0.5) is 16.2 Å². The van der Waals surface area contributed by atoms with Crippen LogP contribution in [0.1, 0.15) is 0 Å². The molecule has 0 unspecified atom stereocenters. The van der Waals surface area contributed by atoms with E-state index in [1.165, 1.54) is 0 Å². The Morgan fingerprint density at radius 1 is 1.33 bits per heavy atom. The third-order valence-corrected chi connectivity index (χ3v) is 1.16. The first-order valence-corrected chi connectivity index (χ1v) is 3.04. The summed E-state index contributed by atoms with van der Waals surface area (Å²) in [6.45, 7) is 0. The molecule has 0 aliphatic heterocycles. The quantitative estimate of drug-likeness (QED) is 0.685.